The lowest BCUT2D eigenvalue weighted by molar-refractivity contribution is -0.161. The lowest BCUT2D eigenvalue weighted by Crippen LogP contribution is -2.29. The average molecular weight is 797 g/mol. The first-order valence-electron chi connectivity index (χ1n) is 22.3. The van der Waals surface area contributed by atoms with Gasteiger partial charge in [-0.2, -0.15) is 0 Å². The Balaban J connectivity index is 2.06. The third kappa shape index (κ3) is 36.3. The lowest BCUT2D eigenvalue weighted by Gasteiger charge is -2.18. The van der Waals surface area contributed by atoms with Crippen molar-refractivity contribution in [1.29, 1.82) is 0 Å². The minimum Gasteiger partial charge on any atom is -0.462 e. The highest BCUT2D eigenvalue weighted by atomic mass is 31.2. The Morgan fingerprint density at radius 1 is 0.636 bits per heavy atom. The predicted octanol–water partition coefficient (Wildman–Crippen LogP) is 12.6. The van der Waals surface area contributed by atoms with Crippen LogP contribution < -0.4 is 0 Å². The van der Waals surface area contributed by atoms with E-state index in [0.717, 1.165) is 50.9 Å². The van der Waals surface area contributed by atoms with Gasteiger partial charge >= 0.3 is 19.8 Å². The van der Waals surface area contributed by atoms with Crippen molar-refractivity contribution in [2.75, 3.05) is 13.2 Å². The second-order valence-electron chi connectivity index (χ2n) is 15.9. The summed E-state index contributed by atoms with van der Waals surface area (Å²) in [7, 11) is -4.77. The fraction of sp³-hybridized carbons (Fsp3) is 0.822. The topological polar surface area (TPSA) is 132 Å². The highest BCUT2D eigenvalue weighted by molar-refractivity contribution is 7.46. The summed E-state index contributed by atoms with van der Waals surface area (Å²) >= 11 is 0. The molecule has 1 fully saturated rings. The molecule has 0 spiro atoms. The molecule has 0 radical (unpaired) electrons. The van der Waals surface area contributed by atoms with E-state index in [9.17, 15) is 14.2 Å². The number of esters is 2. The quantitative estimate of drug-likeness (QED) is 0.0205. The van der Waals surface area contributed by atoms with E-state index in [1.54, 1.807) is 0 Å². The lowest BCUT2D eigenvalue weighted by atomic mass is 10.0. The molecule has 0 bridgehead atoms. The van der Waals surface area contributed by atoms with E-state index >= 15 is 0 Å². The van der Waals surface area contributed by atoms with Gasteiger partial charge in [-0.3, -0.25) is 14.1 Å². The second-order valence-corrected chi connectivity index (χ2v) is 17.1. The Bertz CT molecular complexity index is 1070. The van der Waals surface area contributed by atoms with Crippen LogP contribution in [-0.2, 0) is 32.9 Å². The number of ether oxygens (including phenoxy) is 3. The van der Waals surface area contributed by atoms with Gasteiger partial charge in [0, 0.05) is 12.8 Å². The predicted molar refractivity (Wildman–Crippen MR) is 225 cm³/mol. The van der Waals surface area contributed by atoms with Crippen molar-refractivity contribution in [3.63, 3.8) is 0 Å². The van der Waals surface area contributed by atoms with E-state index in [1.807, 2.05) is 6.08 Å². The van der Waals surface area contributed by atoms with Gasteiger partial charge in [0.05, 0.1) is 18.8 Å². The number of unbranched alkanes of at least 4 members (excludes halogenated alkanes) is 18. The Labute approximate surface area is 336 Å². The zero-order chi connectivity index (χ0) is 40.2. The second kappa shape index (κ2) is 35.4. The van der Waals surface area contributed by atoms with Gasteiger partial charge in [-0.15, -0.1) is 0 Å². The Morgan fingerprint density at radius 2 is 1.16 bits per heavy atom. The van der Waals surface area contributed by atoms with Crippen molar-refractivity contribution < 1.29 is 42.7 Å². The molecule has 320 valence electrons. The fourth-order valence-electron chi connectivity index (χ4n) is 6.59. The first-order valence-corrected chi connectivity index (χ1v) is 23.8. The zero-order valence-corrected chi connectivity index (χ0v) is 36.1. The van der Waals surface area contributed by atoms with Crippen LogP contribution in [0.2, 0.25) is 0 Å². The van der Waals surface area contributed by atoms with E-state index in [1.165, 1.54) is 109 Å². The number of epoxide rings is 1. The van der Waals surface area contributed by atoms with Crippen LogP contribution in [0.25, 0.3) is 0 Å². The number of rotatable bonds is 39. The van der Waals surface area contributed by atoms with Crippen molar-refractivity contribution in [3.05, 3.63) is 36.5 Å². The summed E-state index contributed by atoms with van der Waals surface area (Å²) in [5, 5.41) is 0. The van der Waals surface area contributed by atoms with Crippen LogP contribution in [0.1, 0.15) is 201 Å². The van der Waals surface area contributed by atoms with Gasteiger partial charge in [0.15, 0.2) is 6.10 Å². The molecule has 0 aromatic rings. The average Bonchev–Trinajstić information content (AvgIpc) is 3.89. The van der Waals surface area contributed by atoms with Crippen LogP contribution >= 0.6 is 7.82 Å². The minimum atomic E-state index is -4.77. The largest absolute Gasteiger partial charge is 0.469 e. The maximum absolute atomic E-state index is 12.4. The Hall–Kier alpha value is -1.77. The summed E-state index contributed by atoms with van der Waals surface area (Å²) in [5.41, 5.74) is 0. The number of phosphoric acid groups is 1. The van der Waals surface area contributed by atoms with Gasteiger partial charge in [-0.25, -0.2) is 4.57 Å². The minimum absolute atomic E-state index is 0.189. The highest BCUT2D eigenvalue weighted by Crippen LogP contribution is 2.36. The van der Waals surface area contributed by atoms with Crippen molar-refractivity contribution in [1.82, 2.24) is 0 Å². The number of hydrogen-bond acceptors (Lipinski definition) is 7. The molecule has 0 aliphatic carbocycles. The smallest absolute Gasteiger partial charge is 0.462 e. The van der Waals surface area contributed by atoms with Crippen LogP contribution in [0.3, 0.4) is 0 Å². The van der Waals surface area contributed by atoms with Gasteiger partial charge in [0.1, 0.15) is 6.61 Å². The van der Waals surface area contributed by atoms with E-state index in [-0.39, 0.29) is 19.4 Å². The molecule has 2 N–H and O–H groups in total. The number of carbonyl (C=O) groups excluding carboxylic acids is 2. The van der Waals surface area contributed by atoms with Gasteiger partial charge in [0.25, 0.3) is 0 Å². The molecule has 1 aliphatic heterocycles. The first-order chi connectivity index (χ1) is 26.6. The number of carbonyl (C=O) groups is 2. The van der Waals surface area contributed by atoms with Crippen LogP contribution in [-0.4, -0.2) is 53.3 Å². The third-order valence-electron chi connectivity index (χ3n) is 10.0. The fourth-order valence-corrected chi connectivity index (χ4v) is 6.95. The molecule has 9 nitrogen and oxygen atoms in total. The molecule has 0 saturated carbocycles. The molecule has 1 aliphatic rings. The summed E-state index contributed by atoms with van der Waals surface area (Å²) < 4.78 is 32.1. The highest BCUT2D eigenvalue weighted by Gasteiger charge is 2.36. The summed E-state index contributed by atoms with van der Waals surface area (Å²) in [6.45, 7) is 5.97. The van der Waals surface area contributed by atoms with Crippen molar-refractivity contribution in [2.24, 2.45) is 5.92 Å². The number of hydrogen-bond donors (Lipinski definition) is 2. The monoisotopic (exact) mass is 797 g/mol. The van der Waals surface area contributed by atoms with Gasteiger partial charge < -0.3 is 24.0 Å². The van der Waals surface area contributed by atoms with Crippen LogP contribution in [0.5, 0.6) is 0 Å². The van der Waals surface area contributed by atoms with E-state index in [4.69, 9.17) is 24.0 Å². The summed E-state index contributed by atoms with van der Waals surface area (Å²) in [6.07, 6.45) is 43.4. The van der Waals surface area contributed by atoms with Crippen molar-refractivity contribution >= 4 is 19.8 Å². The molecular formula is C45H81O9P. The number of allylic oxidation sites excluding steroid dienone is 5. The SMILES string of the molecule is CCCCCC1OC1C/C=C\C/C=C\C/C=C\CCCC(=O)OC[C@H](COP(=O)(O)O)OC(=O)CCCCCCCCCCCCCCCCCCC(C)C. The summed E-state index contributed by atoms with van der Waals surface area (Å²) in [5.74, 6) is -0.112. The molecule has 0 amide bonds. The Kier molecular flexibility index (Phi) is 33.0. The van der Waals surface area contributed by atoms with Crippen molar-refractivity contribution in [2.45, 2.75) is 219 Å². The molecule has 2 unspecified atom stereocenters. The Morgan fingerprint density at radius 3 is 1.73 bits per heavy atom. The third-order valence-corrected chi connectivity index (χ3v) is 10.5. The molecule has 0 aromatic carbocycles. The first kappa shape index (κ1) is 51.2. The normalized spacial score (nSPS) is 16.5. The zero-order valence-electron chi connectivity index (χ0n) is 35.2. The van der Waals surface area contributed by atoms with E-state index in [2.05, 4.69) is 55.7 Å². The van der Waals surface area contributed by atoms with E-state index in [0.29, 0.717) is 25.0 Å². The molecule has 1 heterocycles. The van der Waals surface area contributed by atoms with Crippen molar-refractivity contribution in [3.8, 4) is 0 Å². The van der Waals surface area contributed by atoms with Gasteiger partial charge in [-0.1, -0.05) is 179 Å². The van der Waals surface area contributed by atoms with E-state index < -0.39 is 32.5 Å². The molecule has 1 rings (SSSR count). The maximum Gasteiger partial charge on any atom is 0.469 e. The summed E-state index contributed by atoms with van der Waals surface area (Å²) in [4.78, 5) is 42.9. The summed E-state index contributed by atoms with van der Waals surface area (Å²) in [6, 6.07) is 0. The van der Waals surface area contributed by atoms with Crippen LogP contribution in [0.4, 0.5) is 0 Å². The molecule has 3 atom stereocenters. The molecule has 1 saturated heterocycles. The maximum atomic E-state index is 12.4. The van der Waals surface area contributed by atoms with Gasteiger partial charge in [-0.05, 0) is 50.9 Å². The standard InChI is InChI=1S/C45H81O9P/c1-4-5-28-34-42-43(54-42)35-30-25-21-17-14-15-18-22-26-31-36-44(46)51-38-41(39-52-55(48,49)50)53-45(47)37-32-27-23-19-13-11-9-7-6-8-10-12-16-20-24-29-33-40(2)3/h14,17-18,22,25,30,40-43H,4-13,15-16,19-21,23-24,26-29,31-39H2,1-3H3,(H2,48,49,50)/b17-14-,22-18-,30-25-/t41-,42?,43?/m1/s1. The van der Waals surface area contributed by atoms with Gasteiger partial charge in [0.2, 0.25) is 0 Å². The van der Waals surface area contributed by atoms with Crippen LogP contribution in [0, 0.1) is 5.92 Å². The number of phosphoric ester groups is 1. The molecule has 0 aromatic heterocycles. The molecular weight excluding hydrogens is 715 g/mol. The molecule has 55 heavy (non-hydrogen) atoms. The molecule has 10 heteroatoms. The van der Waals surface area contributed by atoms with Crippen LogP contribution in [0.15, 0.2) is 36.5 Å².